The van der Waals surface area contributed by atoms with Crippen molar-refractivity contribution in [3.63, 3.8) is 0 Å². The minimum absolute atomic E-state index is 0.0685. The van der Waals surface area contributed by atoms with Gasteiger partial charge in [-0.25, -0.2) is 0 Å². The van der Waals surface area contributed by atoms with Crippen LogP contribution in [0.5, 0.6) is 17.2 Å². The Labute approximate surface area is 115 Å². The number of phenolic OH excluding ortho intramolecular Hbond substituents is 3. The number of rotatable bonds is 1. The SMILES string of the molecule is O=C1C=C(c2ccc(O)cc2)Cc2cc(O)cc(O)c21. The summed E-state index contributed by atoms with van der Waals surface area (Å²) >= 11 is 0. The van der Waals surface area contributed by atoms with Gasteiger partial charge in [0, 0.05) is 6.07 Å². The Morgan fingerprint density at radius 3 is 2.30 bits per heavy atom. The summed E-state index contributed by atoms with van der Waals surface area (Å²) in [6, 6.07) is 9.20. The Hall–Kier alpha value is -2.75. The standard InChI is InChI=1S/C16H12O4/c17-12-3-1-9(2-4-12)10-5-11-6-13(18)8-15(20)16(11)14(19)7-10/h1-4,6-8,17-18,20H,5H2. The van der Waals surface area contributed by atoms with Crippen LogP contribution in [-0.2, 0) is 6.42 Å². The lowest BCUT2D eigenvalue weighted by molar-refractivity contribution is 0.104. The minimum atomic E-state index is -0.285. The van der Waals surface area contributed by atoms with E-state index in [1.165, 1.54) is 12.1 Å². The summed E-state index contributed by atoms with van der Waals surface area (Å²) in [5, 5.41) is 28.6. The van der Waals surface area contributed by atoms with E-state index >= 15 is 0 Å². The Morgan fingerprint density at radius 2 is 1.60 bits per heavy atom. The maximum Gasteiger partial charge on any atom is 0.190 e. The van der Waals surface area contributed by atoms with Crippen LogP contribution in [0.25, 0.3) is 5.57 Å². The second-order valence-electron chi connectivity index (χ2n) is 4.76. The maximum absolute atomic E-state index is 12.1. The van der Waals surface area contributed by atoms with Crippen LogP contribution in [0.2, 0.25) is 0 Å². The van der Waals surface area contributed by atoms with Gasteiger partial charge in [-0.1, -0.05) is 12.1 Å². The summed E-state index contributed by atoms with van der Waals surface area (Å²) in [7, 11) is 0. The molecule has 3 N–H and O–H groups in total. The average molecular weight is 268 g/mol. The number of hydrogen-bond donors (Lipinski definition) is 3. The van der Waals surface area contributed by atoms with E-state index in [-0.39, 0.29) is 28.6 Å². The van der Waals surface area contributed by atoms with Gasteiger partial charge in [0.25, 0.3) is 0 Å². The van der Waals surface area contributed by atoms with Crippen molar-refractivity contribution in [1.29, 1.82) is 0 Å². The van der Waals surface area contributed by atoms with Crippen LogP contribution in [-0.4, -0.2) is 21.1 Å². The molecule has 20 heavy (non-hydrogen) atoms. The fraction of sp³-hybridized carbons (Fsp3) is 0.0625. The third-order valence-electron chi connectivity index (χ3n) is 3.35. The summed E-state index contributed by atoms with van der Waals surface area (Å²) in [5.41, 5.74) is 2.44. The molecule has 0 saturated heterocycles. The van der Waals surface area contributed by atoms with E-state index in [0.717, 1.165) is 17.2 Å². The van der Waals surface area contributed by atoms with Crippen molar-refractivity contribution in [3.05, 3.63) is 59.2 Å². The van der Waals surface area contributed by atoms with Gasteiger partial charge in [-0.05, 0) is 47.4 Å². The number of benzene rings is 2. The highest BCUT2D eigenvalue weighted by atomic mass is 16.3. The van der Waals surface area contributed by atoms with Crippen molar-refractivity contribution in [2.75, 3.05) is 0 Å². The average Bonchev–Trinajstić information content (AvgIpc) is 2.38. The first-order chi connectivity index (χ1) is 9.54. The smallest absolute Gasteiger partial charge is 0.190 e. The predicted octanol–water partition coefficient (Wildman–Crippen LogP) is 2.63. The van der Waals surface area contributed by atoms with Gasteiger partial charge >= 0.3 is 0 Å². The van der Waals surface area contributed by atoms with Crippen LogP contribution in [0.4, 0.5) is 0 Å². The zero-order chi connectivity index (χ0) is 14.3. The lowest BCUT2D eigenvalue weighted by atomic mass is 9.87. The van der Waals surface area contributed by atoms with Crippen molar-refractivity contribution in [2.45, 2.75) is 6.42 Å². The quantitative estimate of drug-likeness (QED) is 0.743. The van der Waals surface area contributed by atoms with Gasteiger partial charge in [0.15, 0.2) is 5.78 Å². The van der Waals surface area contributed by atoms with Crippen molar-refractivity contribution < 1.29 is 20.1 Å². The fourth-order valence-electron chi connectivity index (χ4n) is 2.44. The Morgan fingerprint density at radius 1 is 0.900 bits per heavy atom. The molecule has 2 aromatic rings. The van der Waals surface area contributed by atoms with E-state index < -0.39 is 0 Å². The Balaban J connectivity index is 2.06. The first kappa shape index (κ1) is 12.3. The highest BCUT2D eigenvalue weighted by Gasteiger charge is 2.22. The van der Waals surface area contributed by atoms with Gasteiger partial charge in [0.2, 0.25) is 0 Å². The van der Waals surface area contributed by atoms with Crippen molar-refractivity contribution >= 4 is 11.4 Å². The molecule has 0 atom stereocenters. The van der Waals surface area contributed by atoms with E-state index in [4.69, 9.17) is 0 Å². The van der Waals surface area contributed by atoms with Crippen LogP contribution in [0.3, 0.4) is 0 Å². The number of ketones is 1. The van der Waals surface area contributed by atoms with Gasteiger partial charge in [-0.15, -0.1) is 0 Å². The Bertz CT molecular complexity index is 727. The highest BCUT2D eigenvalue weighted by molar-refractivity contribution is 6.13. The normalized spacial score (nSPS) is 13.8. The number of phenols is 3. The van der Waals surface area contributed by atoms with E-state index in [0.29, 0.717) is 12.0 Å². The molecule has 0 saturated carbocycles. The molecular weight excluding hydrogens is 256 g/mol. The number of aromatic hydroxyl groups is 3. The molecule has 0 bridgehead atoms. The lowest BCUT2D eigenvalue weighted by Crippen LogP contribution is -2.09. The van der Waals surface area contributed by atoms with Crippen LogP contribution in [0.15, 0.2) is 42.5 Å². The lowest BCUT2D eigenvalue weighted by Gasteiger charge is -2.17. The topological polar surface area (TPSA) is 77.8 Å². The van der Waals surface area contributed by atoms with E-state index in [1.807, 2.05) is 0 Å². The maximum atomic E-state index is 12.1. The molecule has 0 fully saturated rings. The number of hydrogen-bond acceptors (Lipinski definition) is 4. The van der Waals surface area contributed by atoms with Gasteiger partial charge in [0.05, 0.1) is 5.56 Å². The molecule has 0 aromatic heterocycles. The summed E-state index contributed by atoms with van der Waals surface area (Å²) < 4.78 is 0. The molecular formula is C16H12O4. The van der Waals surface area contributed by atoms with Crippen LogP contribution in [0, 0.1) is 0 Å². The highest BCUT2D eigenvalue weighted by Crippen LogP contribution is 2.35. The molecule has 0 heterocycles. The fourth-order valence-corrected chi connectivity index (χ4v) is 2.44. The molecule has 0 amide bonds. The number of fused-ring (bicyclic) bond motifs is 1. The van der Waals surface area contributed by atoms with Crippen LogP contribution in [0.1, 0.15) is 21.5 Å². The van der Waals surface area contributed by atoms with Gasteiger partial charge in [0.1, 0.15) is 17.2 Å². The summed E-state index contributed by atoms with van der Waals surface area (Å²) in [6.07, 6.45) is 1.92. The van der Waals surface area contributed by atoms with E-state index in [1.54, 1.807) is 24.3 Å². The molecule has 1 aliphatic rings. The molecule has 0 unspecified atom stereocenters. The molecule has 0 aliphatic heterocycles. The zero-order valence-corrected chi connectivity index (χ0v) is 10.5. The first-order valence-corrected chi connectivity index (χ1v) is 6.14. The van der Waals surface area contributed by atoms with Crippen molar-refractivity contribution in [2.24, 2.45) is 0 Å². The Kier molecular flexibility index (Phi) is 2.71. The van der Waals surface area contributed by atoms with E-state index in [9.17, 15) is 20.1 Å². The third kappa shape index (κ3) is 2.01. The van der Waals surface area contributed by atoms with Crippen LogP contribution >= 0.6 is 0 Å². The molecule has 4 nitrogen and oxygen atoms in total. The second kappa shape index (κ2) is 4.42. The molecule has 1 aliphatic carbocycles. The largest absolute Gasteiger partial charge is 0.508 e. The minimum Gasteiger partial charge on any atom is -0.508 e. The van der Waals surface area contributed by atoms with Gasteiger partial charge in [-0.2, -0.15) is 0 Å². The molecule has 0 radical (unpaired) electrons. The molecule has 4 heteroatoms. The summed E-state index contributed by atoms with van der Waals surface area (Å²) in [6.45, 7) is 0. The van der Waals surface area contributed by atoms with E-state index in [2.05, 4.69) is 0 Å². The number of carbonyl (C=O) groups excluding carboxylic acids is 1. The van der Waals surface area contributed by atoms with Crippen LogP contribution < -0.4 is 0 Å². The second-order valence-corrected chi connectivity index (χ2v) is 4.76. The molecule has 100 valence electrons. The first-order valence-electron chi connectivity index (χ1n) is 6.14. The summed E-state index contributed by atoms with van der Waals surface area (Å²) in [5.74, 6) is -0.397. The predicted molar refractivity (Wildman–Crippen MR) is 73.9 cm³/mol. The monoisotopic (exact) mass is 268 g/mol. The van der Waals surface area contributed by atoms with Gasteiger partial charge < -0.3 is 15.3 Å². The third-order valence-corrected chi connectivity index (χ3v) is 3.35. The molecule has 0 spiro atoms. The molecule has 3 rings (SSSR count). The summed E-state index contributed by atoms with van der Waals surface area (Å²) in [4.78, 5) is 12.1. The van der Waals surface area contributed by atoms with Crippen molar-refractivity contribution in [1.82, 2.24) is 0 Å². The van der Waals surface area contributed by atoms with Gasteiger partial charge in [-0.3, -0.25) is 4.79 Å². The molecule has 2 aromatic carbocycles. The number of allylic oxidation sites excluding steroid dienone is 2. The van der Waals surface area contributed by atoms with Crippen molar-refractivity contribution in [3.8, 4) is 17.2 Å². The number of carbonyl (C=O) groups is 1. The zero-order valence-electron chi connectivity index (χ0n) is 10.5.